The topological polar surface area (TPSA) is 110 Å². The number of nitrogens with zero attached hydrogens (tertiary/aromatic N) is 1. The molecule has 0 aromatic heterocycles. The van der Waals surface area contributed by atoms with Crippen LogP contribution in [-0.4, -0.2) is 74.0 Å². The molecular formula is C14H27NO6. The van der Waals surface area contributed by atoms with Gasteiger partial charge in [-0.25, -0.2) is 0 Å². The second kappa shape index (κ2) is 7.02. The Morgan fingerprint density at radius 3 is 2.19 bits per heavy atom. The lowest BCUT2D eigenvalue weighted by Gasteiger charge is -2.49. The van der Waals surface area contributed by atoms with Crippen molar-refractivity contribution in [2.45, 2.75) is 76.7 Å². The summed E-state index contributed by atoms with van der Waals surface area (Å²) in [5.74, 6) is -0.230. The van der Waals surface area contributed by atoms with E-state index < -0.39 is 42.8 Å². The van der Waals surface area contributed by atoms with Crippen LogP contribution in [-0.2, 0) is 9.53 Å². The molecule has 0 aliphatic carbocycles. The lowest BCUT2D eigenvalue weighted by atomic mass is 9.91. The quantitative estimate of drug-likeness (QED) is 0.542. The number of rotatable bonds is 4. The Morgan fingerprint density at radius 1 is 1.19 bits per heavy atom. The summed E-state index contributed by atoms with van der Waals surface area (Å²) < 4.78 is 5.14. The van der Waals surface area contributed by atoms with Crippen molar-refractivity contribution in [1.29, 1.82) is 0 Å². The molecule has 1 fully saturated rings. The summed E-state index contributed by atoms with van der Waals surface area (Å²) in [6, 6.07) is -1.08. The van der Waals surface area contributed by atoms with Crippen molar-refractivity contribution in [1.82, 2.24) is 4.90 Å². The summed E-state index contributed by atoms with van der Waals surface area (Å²) in [6.07, 6.45) is -4.41. The van der Waals surface area contributed by atoms with Gasteiger partial charge in [-0.3, -0.25) is 4.79 Å². The highest BCUT2D eigenvalue weighted by Crippen LogP contribution is 2.29. The Morgan fingerprint density at radius 2 is 1.76 bits per heavy atom. The third-order valence-corrected chi connectivity index (χ3v) is 3.62. The van der Waals surface area contributed by atoms with Gasteiger partial charge in [0.2, 0.25) is 5.91 Å². The molecule has 0 aromatic rings. The lowest BCUT2D eigenvalue weighted by Crippen LogP contribution is -2.68. The van der Waals surface area contributed by atoms with Crippen molar-refractivity contribution >= 4 is 5.91 Å². The van der Waals surface area contributed by atoms with Crippen molar-refractivity contribution in [3.63, 3.8) is 0 Å². The lowest BCUT2D eigenvalue weighted by molar-refractivity contribution is -0.276. The molecule has 1 unspecified atom stereocenters. The van der Waals surface area contributed by atoms with Crippen molar-refractivity contribution < 1.29 is 30.0 Å². The van der Waals surface area contributed by atoms with Crippen molar-refractivity contribution in [3.8, 4) is 0 Å². The predicted molar refractivity (Wildman–Crippen MR) is 75.3 cm³/mol. The highest BCUT2D eigenvalue weighted by atomic mass is 16.6. The van der Waals surface area contributed by atoms with E-state index in [1.807, 2.05) is 6.92 Å². The third-order valence-electron chi connectivity index (χ3n) is 3.62. The van der Waals surface area contributed by atoms with E-state index in [2.05, 4.69) is 0 Å². The Balaban J connectivity index is 3.09. The van der Waals surface area contributed by atoms with E-state index in [4.69, 9.17) is 9.84 Å². The molecule has 1 rings (SSSR count). The minimum atomic E-state index is -1.47. The molecule has 0 saturated carbocycles. The first-order valence-corrected chi connectivity index (χ1v) is 7.27. The van der Waals surface area contributed by atoms with Crippen LogP contribution in [0.3, 0.4) is 0 Å². The number of hydrogen-bond donors (Lipinski definition) is 4. The Kier molecular flexibility index (Phi) is 6.12. The van der Waals surface area contributed by atoms with Gasteiger partial charge in [-0.15, -0.1) is 0 Å². The van der Waals surface area contributed by atoms with Gasteiger partial charge in [-0.05, 0) is 27.2 Å². The van der Waals surface area contributed by atoms with Gasteiger partial charge in [0, 0.05) is 12.0 Å². The number of aliphatic hydroxyl groups is 4. The van der Waals surface area contributed by atoms with Crippen molar-refractivity contribution in [3.05, 3.63) is 0 Å². The van der Waals surface area contributed by atoms with Gasteiger partial charge in [0.1, 0.15) is 24.4 Å². The van der Waals surface area contributed by atoms with Crippen LogP contribution >= 0.6 is 0 Å². The average molecular weight is 305 g/mol. The summed E-state index contributed by atoms with van der Waals surface area (Å²) in [6.45, 7) is 6.68. The summed E-state index contributed by atoms with van der Waals surface area (Å²) in [5.41, 5.74) is -0.659. The second-order valence-electron chi connectivity index (χ2n) is 6.40. The van der Waals surface area contributed by atoms with E-state index in [0.717, 1.165) is 0 Å². The van der Waals surface area contributed by atoms with E-state index >= 15 is 0 Å². The fourth-order valence-corrected chi connectivity index (χ4v) is 2.68. The maximum atomic E-state index is 12.4. The molecule has 1 aliphatic rings. The molecule has 1 heterocycles. The van der Waals surface area contributed by atoms with Crippen molar-refractivity contribution in [2.75, 3.05) is 6.61 Å². The van der Waals surface area contributed by atoms with Crippen LogP contribution in [0.1, 0.15) is 40.5 Å². The van der Waals surface area contributed by atoms with Crippen LogP contribution in [0.15, 0.2) is 0 Å². The highest BCUT2D eigenvalue weighted by molar-refractivity contribution is 5.77. The molecule has 1 saturated heterocycles. The van der Waals surface area contributed by atoms with E-state index in [1.165, 1.54) is 4.90 Å². The summed E-state index contributed by atoms with van der Waals surface area (Å²) in [4.78, 5) is 13.7. The number of carbonyl (C=O) groups is 1. The van der Waals surface area contributed by atoms with Crippen LogP contribution in [0.25, 0.3) is 0 Å². The molecule has 7 heteroatoms. The number of amides is 1. The number of hydrogen-bond acceptors (Lipinski definition) is 6. The van der Waals surface area contributed by atoms with Crippen LogP contribution in [0.4, 0.5) is 0 Å². The normalized spacial score (nSPS) is 33.8. The zero-order valence-electron chi connectivity index (χ0n) is 13.1. The average Bonchev–Trinajstić information content (AvgIpc) is 2.37. The fourth-order valence-electron chi connectivity index (χ4n) is 2.68. The SMILES string of the molecule is CCCC(=O)N([C@H]1C(O)O[C@H](CO)[C@@H](O)[C@@H]1O)C(C)(C)C. The van der Waals surface area contributed by atoms with E-state index in [9.17, 15) is 20.1 Å². The van der Waals surface area contributed by atoms with Gasteiger partial charge >= 0.3 is 0 Å². The first-order chi connectivity index (χ1) is 9.65. The zero-order valence-corrected chi connectivity index (χ0v) is 13.1. The first kappa shape index (κ1) is 18.3. The smallest absolute Gasteiger partial charge is 0.223 e. The fraction of sp³-hybridized carbons (Fsp3) is 0.929. The van der Waals surface area contributed by atoms with Crippen LogP contribution in [0.5, 0.6) is 0 Å². The second-order valence-corrected chi connectivity index (χ2v) is 6.40. The molecule has 0 radical (unpaired) electrons. The first-order valence-electron chi connectivity index (χ1n) is 7.27. The van der Waals surface area contributed by atoms with E-state index in [-0.39, 0.29) is 12.3 Å². The minimum Gasteiger partial charge on any atom is -0.394 e. The summed E-state index contributed by atoms with van der Waals surface area (Å²) >= 11 is 0. The van der Waals surface area contributed by atoms with Crippen molar-refractivity contribution in [2.24, 2.45) is 0 Å². The highest BCUT2D eigenvalue weighted by Gasteiger charge is 2.49. The van der Waals surface area contributed by atoms with Gasteiger partial charge in [0.15, 0.2) is 6.29 Å². The standard InChI is InChI=1S/C14H27NO6/c1-5-6-9(17)15(14(2,3)4)10-12(19)11(18)8(7-16)21-13(10)20/h8,10-13,16,18-20H,5-7H2,1-4H3/t8-,10-,11-,12-,13?/m1/s1. The van der Waals surface area contributed by atoms with Gasteiger partial charge < -0.3 is 30.1 Å². The van der Waals surface area contributed by atoms with Crippen LogP contribution in [0, 0.1) is 0 Å². The molecule has 1 amide bonds. The number of carbonyl (C=O) groups excluding carboxylic acids is 1. The monoisotopic (exact) mass is 305 g/mol. The maximum absolute atomic E-state index is 12.4. The van der Waals surface area contributed by atoms with E-state index in [1.54, 1.807) is 20.8 Å². The number of aliphatic hydroxyl groups excluding tert-OH is 4. The third kappa shape index (κ3) is 3.92. The maximum Gasteiger partial charge on any atom is 0.223 e. The molecule has 21 heavy (non-hydrogen) atoms. The summed E-state index contributed by atoms with van der Waals surface area (Å²) in [7, 11) is 0. The zero-order chi connectivity index (χ0) is 16.4. The molecular weight excluding hydrogens is 278 g/mol. The van der Waals surface area contributed by atoms with Gasteiger partial charge in [-0.1, -0.05) is 6.92 Å². The number of ether oxygens (including phenoxy) is 1. The Hall–Kier alpha value is -0.730. The summed E-state index contributed by atoms with van der Waals surface area (Å²) in [5, 5.41) is 39.4. The molecule has 124 valence electrons. The molecule has 0 aromatic carbocycles. The molecule has 4 N–H and O–H groups in total. The molecule has 5 atom stereocenters. The Bertz CT molecular complexity index is 356. The molecule has 1 aliphatic heterocycles. The van der Waals surface area contributed by atoms with E-state index in [0.29, 0.717) is 6.42 Å². The molecule has 0 bridgehead atoms. The molecule has 7 nitrogen and oxygen atoms in total. The van der Waals surface area contributed by atoms with Gasteiger partial charge in [0.05, 0.1) is 6.61 Å². The van der Waals surface area contributed by atoms with Crippen LogP contribution < -0.4 is 0 Å². The predicted octanol–water partition coefficient (Wildman–Crippen LogP) is -0.786. The van der Waals surface area contributed by atoms with Gasteiger partial charge in [0.25, 0.3) is 0 Å². The molecule has 0 spiro atoms. The Labute approximate surface area is 125 Å². The largest absolute Gasteiger partial charge is 0.394 e. The minimum absolute atomic E-state index is 0.230. The van der Waals surface area contributed by atoms with Crippen LogP contribution in [0.2, 0.25) is 0 Å². The van der Waals surface area contributed by atoms with Gasteiger partial charge in [-0.2, -0.15) is 0 Å².